The molecule has 0 bridgehead atoms. The largest absolute Gasteiger partial charge is 0.494 e. The first-order valence-electron chi connectivity index (χ1n) is 7.50. The van der Waals surface area contributed by atoms with E-state index in [1.165, 1.54) is 25.1 Å². The van der Waals surface area contributed by atoms with Gasteiger partial charge in [0.05, 0.1) is 6.61 Å². The molecular formula is C16H26N2O. The quantitative estimate of drug-likeness (QED) is 0.851. The van der Waals surface area contributed by atoms with Crippen molar-refractivity contribution in [1.29, 1.82) is 0 Å². The third kappa shape index (κ3) is 4.22. The molecule has 1 saturated heterocycles. The van der Waals surface area contributed by atoms with Crippen molar-refractivity contribution < 1.29 is 4.74 Å². The normalized spacial score (nSPS) is 18.2. The molecule has 1 fully saturated rings. The Morgan fingerprint density at radius 1 is 1.26 bits per heavy atom. The van der Waals surface area contributed by atoms with Crippen LogP contribution in [0.15, 0.2) is 24.3 Å². The average Bonchev–Trinajstić information content (AvgIpc) is 2.46. The monoisotopic (exact) mass is 262 g/mol. The summed E-state index contributed by atoms with van der Waals surface area (Å²) in [5.74, 6) is 0.996. The van der Waals surface area contributed by atoms with E-state index in [1.54, 1.807) is 0 Å². The lowest BCUT2D eigenvalue weighted by molar-refractivity contribution is 0.167. The summed E-state index contributed by atoms with van der Waals surface area (Å²) < 4.78 is 5.58. The van der Waals surface area contributed by atoms with Gasteiger partial charge >= 0.3 is 0 Å². The molecule has 0 amide bonds. The first-order valence-corrected chi connectivity index (χ1v) is 7.50. The van der Waals surface area contributed by atoms with Crippen molar-refractivity contribution in [3.8, 4) is 5.75 Å². The molecule has 1 aliphatic heterocycles. The topological polar surface area (TPSA) is 24.5 Å². The van der Waals surface area contributed by atoms with Gasteiger partial charge in [-0.2, -0.15) is 0 Å². The van der Waals surface area contributed by atoms with E-state index in [2.05, 4.69) is 35.3 Å². The van der Waals surface area contributed by atoms with Gasteiger partial charge in [0.15, 0.2) is 0 Å². The molecule has 0 aromatic heterocycles. The molecule has 3 nitrogen and oxygen atoms in total. The zero-order chi connectivity index (χ0) is 13.5. The van der Waals surface area contributed by atoms with E-state index in [0.29, 0.717) is 6.04 Å². The van der Waals surface area contributed by atoms with Crippen molar-refractivity contribution in [3.05, 3.63) is 29.8 Å². The Labute approximate surface area is 116 Å². The van der Waals surface area contributed by atoms with Gasteiger partial charge in [-0.25, -0.2) is 0 Å². The molecule has 106 valence electrons. The van der Waals surface area contributed by atoms with Gasteiger partial charge in [0.2, 0.25) is 0 Å². The predicted molar refractivity (Wildman–Crippen MR) is 79.8 cm³/mol. The van der Waals surface area contributed by atoms with Crippen molar-refractivity contribution in [1.82, 2.24) is 10.2 Å². The van der Waals surface area contributed by atoms with Gasteiger partial charge in [-0.3, -0.25) is 4.90 Å². The highest BCUT2D eigenvalue weighted by Gasteiger charge is 2.19. The lowest BCUT2D eigenvalue weighted by Gasteiger charge is -2.34. The van der Waals surface area contributed by atoms with E-state index in [1.807, 2.05) is 13.0 Å². The number of hydrogen-bond acceptors (Lipinski definition) is 3. The Balaban J connectivity index is 1.98. The fraction of sp³-hybridized carbons (Fsp3) is 0.625. The zero-order valence-electron chi connectivity index (χ0n) is 12.2. The minimum Gasteiger partial charge on any atom is -0.494 e. The molecule has 1 N–H and O–H groups in total. The summed E-state index contributed by atoms with van der Waals surface area (Å²) in [5.41, 5.74) is 1.39. The lowest BCUT2D eigenvalue weighted by Crippen LogP contribution is -2.48. The van der Waals surface area contributed by atoms with E-state index in [4.69, 9.17) is 4.74 Å². The van der Waals surface area contributed by atoms with Crippen molar-refractivity contribution in [2.45, 2.75) is 32.7 Å². The van der Waals surface area contributed by atoms with Gasteiger partial charge in [0.1, 0.15) is 5.75 Å². The van der Waals surface area contributed by atoms with Crippen molar-refractivity contribution in [3.63, 3.8) is 0 Å². The number of nitrogens with one attached hydrogen (secondary N) is 1. The van der Waals surface area contributed by atoms with Crippen LogP contribution in [-0.4, -0.2) is 43.7 Å². The lowest BCUT2D eigenvalue weighted by atomic mass is 10.0. The second-order valence-corrected chi connectivity index (χ2v) is 5.13. The summed E-state index contributed by atoms with van der Waals surface area (Å²) in [7, 11) is 0. The van der Waals surface area contributed by atoms with Crippen LogP contribution in [0.3, 0.4) is 0 Å². The first-order chi connectivity index (χ1) is 9.33. The van der Waals surface area contributed by atoms with Crippen LogP contribution in [0.2, 0.25) is 0 Å². The summed E-state index contributed by atoms with van der Waals surface area (Å²) in [6.45, 7) is 9.64. The van der Waals surface area contributed by atoms with Crippen LogP contribution >= 0.6 is 0 Å². The van der Waals surface area contributed by atoms with E-state index in [0.717, 1.165) is 31.9 Å². The highest BCUT2D eigenvalue weighted by molar-refractivity contribution is 5.29. The average molecular weight is 262 g/mol. The third-order valence-corrected chi connectivity index (χ3v) is 3.82. The van der Waals surface area contributed by atoms with Gasteiger partial charge in [-0.05, 0) is 37.5 Å². The summed E-state index contributed by atoms with van der Waals surface area (Å²) in [6, 6.07) is 9.20. The minimum absolute atomic E-state index is 0.652. The smallest absolute Gasteiger partial charge is 0.119 e. The predicted octanol–water partition coefficient (Wildman–Crippen LogP) is 2.31. The molecule has 1 aliphatic rings. The summed E-state index contributed by atoms with van der Waals surface area (Å²) in [5, 5.41) is 3.42. The van der Waals surface area contributed by atoms with Gasteiger partial charge in [0.25, 0.3) is 0 Å². The Morgan fingerprint density at radius 3 is 2.74 bits per heavy atom. The highest BCUT2D eigenvalue weighted by atomic mass is 16.5. The molecule has 1 unspecified atom stereocenters. The van der Waals surface area contributed by atoms with Crippen LogP contribution in [-0.2, 0) is 6.42 Å². The molecule has 1 atom stereocenters. The summed E-state index contributed by atoms with van der Waals surface area (Å²) in [4.78, 5) is 2.61. The fourth-order valence-electron chi connectivity index (χ4n) is 2.78. The summed E-state index contributed by atoms with van der Waals surface area (Å²) in [6.07, 6.45) is 2.33. The van der Waals surface area contributed by atoms with Crippen LogP contribution in [0.5, 0.6) is 5.75 Å². The van der Waals surface area contributed by atoms with E-state index >= 15 is 0 Å². The maximum absolute atomic E-state index is 5.58. The Kier molecular flexibility index (Phi) is 5.67. The van der Waals surface area contributed by atoms with Crippen LogP contribution in [0, 0.1) is 0 Å². The van der Waals surface area contributed by atoms with Crippen LogP contribution in [0.1, 0.15) is 25.8 Å². The van der Waals surface area contributed by atoms with Crippen molar-refractivity contribution >= 4 is 0 Å². The van der Waals surface area contributed by atoms with Crippen molar-refractivity contribution in [2.24, 2.45) is 0 Å². The molecule has 0 aliphatic carbocycles. The first kappa shape index (κ1) is 14.4. The van der Waals surface area contributed by atoms with Crippen LogP contribution in [0.4, 0.5) is 0 Å². The van der Waals surface area contributed by atoms with Gasteiger partial charge in [0, 0.05) is 32.2 Å². The Bertz CT molecular complexity index is 375. The number of hydrogen-bond donors (Lipinski definition) is 1. The SMILES string of the molecule is CCOc1cccc(CC(CC)N2CCNCC2)c1. The number of benzene rings is 1. The molecule has 0 spiro atoms. The molecule has 1 heterocycles. The molecule has 3 heteroatoms. The second-order valence-electron chi connectivity index (χ2n) is 5.13. The Hall–Kier alpha value is -1.06. The van der Waals surface area contributed by atoms with E-state index < -0.39 is 0 Å². The zero-order valence-corrected chi connectivity index (χ0v) is 12.2. The molecule has 2 rings (SSSR count). The number of nitrogens with zero attached hydrogens (tertiary/aromatic N) is 1. The fourth-order valence-corrected chi connectivity index (χ4v) is 2.78. The van der Waals surface area contributed by atoms with Crippen LogP contribution in [0.25, 0.3) is 0 Å². The molecule has 1 aromatic rings. The number of piperazine rings is 1. The van der Waals surface area contributed by atoms with Crippen LogP contribution < -0.4 is 10.1 Å². The molecular weight excluding hydrogens is 236 g/mol. The van der Waals surface area contributed by atoms with Gasteiger partial charge < -0.3 is 10.1 Å². The molecule has 0 saturated carbocycles. The number of rotatable bonds is 6. The summed E-state index contributed by atoms with van der Waals surface area (Å²) >= 11 is 0. The number of ether oxygens (including phenoxy) is 1. The molecule has 19 heavy (non-hydrogen) atoms. The third-order valence-electron chi connectivity index (χ3n) is 3.82. The maximum atomic E-state index is 5.58. The van der Waals surface area contributed by atoms with Crippen molar-refractivity contribution in [2.75, 3.05) is 32.8 Å². The minimum atomic E-state index is 0.652. The standard InChI is InChI=1S/C16H26N2O/c1-3-15(18-10-8-17-9-11-18)12-14-6-5-7-16(13-14)19-4-2/h5-7,13,15,17H,3-4,8-12H2,1-2H3. The van der Waals surface area contributed by atoms with Gasteiger partial charge in [-0.15, -0.1) is 0 Å². The van der Waals surface area contributed by atoms with Gasteiger partial charge in [-0.1, -0.05) is 19.1 Å². The van der Waals surface area contributed by atoms with E-state index in [-0.39, 0.29) is 0 Å². The second kappa shape index (κ2) is 7.51. The Morgan fingerprint density at radius 2 is 2.05 bits per heavy atom. The molecule has 1 aromatic carbocycles. The maximum Gasteiger partial charge on any atom is 0.119 e. The highest BCUT2D eigenvalue weighted by Crippen LogP contribution is 2.18. The molecule has 0 radical (unpaired) electrons. The van der Waals surface area contributed by atoms with E-state index in [9.17, 15) is 0 Å².